The number of nitrogens with one attached hydrogen (secondary N) is 1. The normalized spacial score (nSPS) is 14.2. The van der Waals surface area contributed by atoms with E-state index in [4.69, 9.17) is 0 Å². The molecule has 0 aliphatic heterocycles. The molecule has 1 fully saturated rings. The third-order valence-corrected chi connectivity index (χ3v) is 6.01. The molecule has 1 aliphatic rings. The zero-order valence-electron chi connectivity index (χ0n) is 16.9. The van der Waals surface area contributed by atoms with E-state index in [2.05, 4.69) is 31.1 Å². The van der Waals surface area contributed by atoms with Crippen LogP contribution in [0.2, 0.25) is 0 Å². The van der Waals surface area contributed by atoms with Crippen LogP contribution in [0, 0.1) is 0 Å². The highest BCUT2D eigenvalue weighted by Crippen LogP contribution is 2.36. The van der Waals surface area contributed by atoms with E-state index in [0.717, 1.165) is 18.5 Å². The first-order valence-corrected chi connectivity index (χ1v) is 10.9. The van der Waals surface area contributed by atoms with Gasteiger partial charge >= 0.3 is 0 Å². The molecule has 1 aliphatic carbocycles. The molecule has 0 bridgehead atoms. The molecule has 150 valence electrons. The van der Waals surface area contributed by atoms with Crippen molar-refractivity contribution in [3.63, 3.8) is 0 Å². The Labute approximate surface area is 174 Å². The summed E-state index contributed by atoms with van der Waals surface area (Å²) in [6, 6.07) is 15.5. The number of fused-ring (bicyclic) bond motifs is 1. The molecule has 5 nitrogen and oxygen atoms in total. The van der Waals surface area contributed by atoms with Gasteiger partial charge in [-0.05, 0) is 48.1 Å². The highest BCUT2D eigenvalue weighted by atomic mass is 32.2. The lowest BCUT2D eigenvalue weighted by atomic mass is 9.87. The van der Waals surface area contributed by atoms with E-state index in [1.807, 2.05) is 48.5 Å². The molecule has 2 aromatic carbocycles. The Hall–Kier alpha value is -2.60. The number of carbonyl (C=O) groups is 1. The van der Waals surface area contributed by atoms with Gasteiger partial charge in [-0.1, -0.05) is 56.8 Å². The zero-order valence-corrected chi connectivity index (χ0v) is 17.8. The number of carbonyl (C=O) groups excluding carboxylic acids is 1. The van der Waals surface area contributed by atoms with Gasteiger partial charge in [-0.3, -0.25) is 14.2 Å². The highest BCUT2D eigenvalue weighted by molar-refractivity contribution is 7.99. The molecule has 4 rings (SSSR count). The van der Waals surface area contributed by atoms with E-state index in [0.29, 0.717) is 16.1 Å². The van der Waals surface area contributed by atoms with Crippen LogP contribution in [-0.2, 0) is 10.2 Å². The maximum absolute atomic E-state index is 12.9. The maximum Gasteiger partial charge on any atom is 0.262 e. The molecular formula is C23H25N3O2S. The summed E-state index contributed by atoms with van der Waals surface area (Å²) in [5, 5.41) is 4.18. The molecule has 29 heavy (non-hydrogen) atoms. The lowest BCUT2D eigenvalue weighted by molar-refractivity contribution is -0.113. The van der Waals surface area contributed by atoms with Gasteiger partial charge in [-0.2, -0.15) is 0 Å². The second-order valence-electron chi connectivity index (χ2n) is 8.48. The van der Waals surface area contributed by atoms with Crippen LogP contribution in [0.3, 0.4) is 0 Å². The van der Waals surface area contributed by atoms with E-state index >= 15 is 0 Å². The predicted molar refractivity (Wildman–Crippen MR) is 119 cm³/mol. The van der Waals surface area contributed by atoms with Crippen molar-refractivity contribution in [1.29, 1.82) is 0 Å². The molecule has 0 spiro atoms. The largest absolute Gasteiger partial charge is 0.325 e. The summed E-state index contributed by atoms with van der Waals surface area (Å²) in [4.78, 5) is 30.0. The molecule has 1 amide bonds. The molecule has 1 heterocycles. The Kier molecular flexibility index (Phi) is 5.21. The number of hydrogen-bond acceptors (Lipinski definition) is 4. The third kappa shape index (κ3) is 4.37. The molecule has 1 aromatic heterocycles. The summed E-state index contributed by atoms with van der Waals surface area (Å²) >= 11 is 1.32. The van der Waals surface area contributed by atoms with Crippen LogP contribution in [0.15, 0.2) is 58.5 Å². The molecular weight excluding hydrogens is 382 g/mol. The van der Waals surface area contributed by atoms with Gasteiger partial charge in [-0.15, -0.1) is 0 Å². The molecule has 0 radical (unpaired) electrons. The number of rotatable bonds is 5. The molecule has 1 saturated carbocycles. The van der Waals surface area contributed by atoms with Crippen molar-refractivity contribution in [2.24, 2.45) is 0 Å². The summed E-state index contributed by atoms with van der Waals surface area (Å²) in [5.41, 5.74) is 2.73. The standard InChI is InChI=1S/C23H25N3O2S/c1-23(2,3)15-8-10-16(11-9-15)24-20(27)14-29-22-25-19-7-5-4-6-18(19)21(28)26(22)17-12-13-17/h4-11,17H,12-14H2,1-3H3,(H,24,27). The molecule has 0 saturated heterocycles. The van der Waals surface area contributed by atoms with Gasteiger partial charge in [-0.25, -0.2) is 4.98 Å². The number of thioether (sulfide) groups is 1. The quantitative estimate of drug-likeness (QED) is 0.489. The fourth-order valence-electron chi connectivity index (χ4n) is 3.26. The smallest absolute Gasteiger partial charge is 0.262 e. The number of benzene rings is 2. The first-order valence-electron chi connectivity index (χ1n) is 9.87. The van der Waals surface area contributed by atoms with E-state index in [1.165, 1.54) is 17.3 Å². The first-order chi connectivity index (χ1) is 13.8. The summed E-state index contributed by atoms with van der Waals surface area (Å²) in [5.74, 6) is 0.0988. The Bertz CT molecular complexity index is 1110. The summed E-state index contributed by atoms with van der Waals surface area (Å²) < 4.78 is 1.76. The minimum Gasteiger partial charge on any atom is -0.325 e. The maximum atomic E-state index is 12.9. The van der Waals surface area contributed by atoms with E-state index in [1.54, 1.807) is 4.57 Å². The monoisotopic (exact) mass is 407 g/mol. The summed E-state index contributed by atoms with van der Waals surface area (Å²) in [6.07, 6.45) is 1.97. The van der Waals surface area contributed by atoms with Crippen molar-refractivity contribution in [2.75, 3.05) is 11.1 Å². The lowest BCUT2D eigenvalue weighted by Gasteiger charge is -2.19. The van der Waals surface area contributed by atoms with Crippen molar-refractivity contribution in [3.05, 3.63) is 64.4 Å². The van der Waals surface area contributed by atoms with Crippen molar-refractivity contribution in [2.45, 2.75) is 50.2 Å². The summed E-state index contributed by atoms with van der Waals surface area (Å²) in [7, 11) is 0. The Morgan fingerprint density at radius 3 is 2.48 bits per heavy atom. The number of hydrogen-bond donors (Lipinski definition) is 1. The minimum atomic E-state index is -0.108. The Morgan fingerprint density at radius 2 is 1.83 bits per heavy atom. The SMILES string of the molecule is CC(C)(C)c1ccc(NC(=O)CSc2nc3ccccc3c(=O)n2C2CC2)cc1. The molecule has 6 heteroatoms. The second-order valence-corrected chi connectivity index (χ2v) is 9.42. The fourth-order valence-corrected chi connectivity index (χ4v) is 4.13. The molecule has 3 aromatic rings. The number of para-hydroxylation sites is 1. The minimum absolute atomic E-state index is 0.0150. The summed E-state index contributed by atoms with van der Waals surface area (Å²) in [6.45, 7) is 6.48. The van der Waals surface area contributed by atoms with Crippen LogP contribution in [0.5, 0.6) is 0 Å². The molecule has 0 unspecified atom stereocenters. The number of nitrogens with zero attached hydrogens (tertiary/aromatic N) is 2. The lowest BCUT2D eigenvalue weighted by Crippen LogP contribution is -2.23. The third-order valence-electron chi connectivity index (χ3n) is 5.05. The highest BCUT2D eigenvalue weighted by Gasteiger charge is 2.28. The number of anilines is 1. The molecule has 1 N–H and O–H groups in total. The van der Waals surface area contributed by atoms with Crippen molar-refractivity contribution >= 4 is 34.3 Å². The number of amides is 1. The van der Waals surface area contributed by atoms with Crippen LogP contribution >= 0.6 is 11.8 Å². The Balaban J connectivity index is 1.49. The van der Waals surface area contributed by atoms with Gasteiger partial charge in [0.1, 0.15) is 0 Å². The van der Waals surface area contributed by atoms with Crippen LogP contribution < -0.4 is 10.9 Å². The second kappa shape index (κ2) is 7.67. The first kappa shape index (κ1) is 19.7. The topological polar surface area (TPSA) is 64.0 Å². The van der Waals surface area contributed by atoms with Crippen LogP contribution in [0.1, 0.15) is 45.2 Å². The number of aromatic nitrogens is 2. The predicted octanol–water partition coefficient (Wildman–Crippen LogP) is 4.76. The average molecular weight is 408 g/mol. The van der Waals surface area contributed by atoms with Gasteiger partial charge in [0.2, 0.25) is 5.91 Å². The van der Waals surface area contributed by atoms with Gasteiger partial charge in [0, 0.05) is 11.7 Å². The Morgan fingerprint density at radius 1 is 1.14 bits per heavy atom. The van der Waals surface area contributed by atoms with Crippen LogP contribution in [0.4, 0.5) is 5.69 Å². The van der Waals surface area contributed by atoms with Gasteiger partial charge < -0.3 is 5.32 Å². The van der Waals surface area contributed by atoms with E-state index < -0.39 is 0 Å². The van der Waals surface area contributed by atoms with Crippen molar-refractivity contribution in [1.82, 2.24) is 9.55 Å². The van der Waals surface area contributed by atoms with Gasteiger partial charge in [0.05, 0.1) is 16.7 Å². The van der Waals surface area contributed by atoms with Gasteiger partial charge in [0.25, 0.3) is 5.56 Å². The average Bonchev–Trinajstić information content (AvgIpc) is 3.51. The van der Waals surface area contributed by atoms with E-state index in [9.17, 15) is 9.59 Å². The fraction of sp³-hybridized carbons (Fsp3) is 0.348. The molecule has 0 atom stereocenters. The van der Waals surface area contributed by atoms with Crippen molar-refractivity contribution < 1.29 is 4.79 Å². The van der Waals surface area contributed by atoms with E-state index in [-0.39, 0.29) is 28.7 Å². The zero-order chi connectivity index (χ0) is 20.6. The van der Waals surface area contributed by atoms with Crippen LogP contribution in [0.25, 0.3) is 10.9 Å². The van der Waals surface area contributed by atoms with Crippen LogP contribution in [-0.4, -0.2) is 21.2 Å². The van der Waals surface area contributed by atoms with Crippen molar-refractivity contribution in [3.8, 4) is 0 Å². The van der Waals surface area contributed by atoms with Gasteiger partial charge in [0.15, 0.2) is 5.16 Å².